The summed E-state index contributed by atoms with van der Waals surface area (Å²) in [6, 6.07) is 0. The Hall–Kier alpha value is -1.32. The average Bonchev–Trinajstić information content (AvgIpc) is 3.18. The van der Waals surface area contributed by atoms with Gasteiger partial charge in [0.25, 0.3) is 0 Å². The minimum Gasteiger partial charge on any atom is -0.356 e. The molecule has 2 aliphatic carbocycles. The van der Waals surface area contributed by atoms with E-state index in [0.717, 1.165) is 6.42 Å². The lowest BCUT2D eigenvalue weighted by molar-refractivity contribution is -0.128. The lowest BCUT2D eigenvalue weighted by Crippen LogP contribution is -2.42. The number of carbonyl (C=O) groups excluding carboxylic acids is 2. The van der Waals surface area contributed by atoms with Gasteiger partial charge in [-0.3, -0.25) is 9.59 Å². The highest BCUT2D eigenvalue weighted by molar-refractivity contribution is 5.92. The standard InChI is InChI=1S/C17H28N2O2/c1-17(2,3)19-16(21)14-11-13(14)15(20)18-10-9-12-7-5-4-6-8-12/h7,13-14H,4-6,8-11H2,1-3H3,(H,18,20)(H,19,21). The molecule has 0 aromatic heterocycles. The maximum Gasteiger partial charge on any atom is 0.224 e. The van der Waals surface area contributed by atoms with Crippen LogP contribution in [0.25, 0.3) is 0 Å². The van der Waals surface area contributed by atoms with Gasteiger partial charge in [-0.25, -0.2) is 0 Å². The Kier molecular flexibility index (Phi) is 5.07. The third kappa shape index (κ3) is 5.18. The van der Waals surface area contributed by atoms with E-state index in [4.69, 9.17) is 0 Å². The molecular weight excluding hydrogens is 264 g/mol. The van der Waals surface area contributed by atoms with Gasteiger partial charge in [0.1, 0.15) is 0 Å². The summed E-state index contributed by atoms with van der Waals surface area (Å²) in [5, 5.41) is 5.93. The Morgan fingerprint density at radius 1 is 1.19 bits per heavy atom. The van der Waals surface area contributed by atoms with Crippen molar-refractivity contribution in [2.75, 3.05) is 6.54 Å². The van der Waals surface area contributed by atoms with E-state index >= 15 is 0 Å². The minimum absolute atomic E-state index is 0.0117. The van der Waals surface area contributed by atoms with Crippen molar-refractivity contribution in [1.29, 1.82) is 0 Å². The molecule has 0 aromatic rings. The Balaban J connectivity index is 1.66. The van der Waals surface area contributed by atoms with E-state index < -0.39 is 0 Å². The molecule has 0 heterocycles. The van der Waals surface area contributed by atoms with Crippen LogP contribution >= 0.6 is 0 Å². The molecule has 2 atom stereocenters. The molecule has 2 rings (SSSR count). The molecule has 0 spiro atoms. The molecule has 21 heavy (non-hydrogen) atoms. The number of amides is 2. The quantitative estimate of drug-likeness (QED) is 0.765. The average molecular weight is 292 g/mol. The van der Waals surface area contributed by atoms with E-state index in [9.17, 15) is 9.59 Å². The number of rotatable bonds is 5. The third-order valence-electron chi connectivity index (χ3n) is 4.09. The molecule has 0 saturated heterocycles. The second kappa shape index (κ2) is 6.63. The van der Waals surface area contributed by atoms with Gasteiger partial charge < -0.3 is 10.6 Å². The van der Waals surface area contributed by atoms with E-state index in [0.29, 0.717) is 13.0 Å². The van der Waals surface area contributed by atoms with E-state index in [1.54, 1.807) is 0 Å². The van der Waals surface area contributed by atoms with Gasteiger partial charge in [0.15, 0.2) is 0 Å². The predicted molar refractivity (Wildman–Crippen MR) is 83.7 cm³/mol. The van der Waals surface area contributed by atoms with Crippen LogP contribution in [-0.2, 0) is 9.59 Å². The van der Waals surface area contributed by atoms with Crippen molar-refractivity contribution < 1.29 is 9.59 Å². The number of nitrogens with one attached hydrogen (secondary N) is 2. The van der Waals surface area contributed by atoms with Gasteiger partial charge in [-0.2, -0.15) is 0 Å². The van der Waals surface area contributed by atoms with Crippen LogP contribution in [0.1, 0.15) is 59.3 Å². The van der Waals surface area contributed by atoms with E-state index in [2.05, 4.69) is 16.7 Å². The molecule has 1 fully saturated rings. The maximum atomic E-state index is 12.0. The third-order valence-corrected chi connectivity index (χ3v) is 4.09. The van der Waals surface area contributed by atoms with Crippen LogP contribution in [0.5, 0.6) is 0 Å². The van der Waals surface area contributed by atoms with Crippen LogP contribution in [0.4, 0.5) is 0 Å². The van der Waals surface area contributed by atoms with Crippen molar-refractivity contribution in [3.63, 3.8) is 0 Å². The summed E-state index contributed by atoms with van der Waals surface area (Å²) in [6.07, 6.45) is 8.89. The molecule has 0 aromatic carbocycles. The molecule has 0 radical (unpaired) electrons. The minimum atomic E-state index is -0.228. The van der Waals surface area contributed by atoms with Crippen LogP contribution in [0.15, 0.2) is 11.6 Å². The largest absolute Gasteiger partial charge is 0.356 e. The van der Waals surface area contributed by atoms with Crippen molar-refractivity contribution in [2.24, 2.45) is 11.8 Å². The first-order chi connectivity index (χ1) is 9.87. The summed E-state index contributed by atoms with van der Waals surface area (Å²) in [5.41, 5.74) is 1.24. The van der Waals surface area contributed by atoms with Gasteiger partial charge in [-0.15, -0.1) is 0 Å². The number of allylic oxidation sites excluding steroid dienone is 1. The zero-order chi connectivity index (χ0) is 15.5. The maximum absolute atomic E-state index is 12.0. The van der Waals surface area contributed by atoms with Gasteiger partial charge in [0.2, 0.25) is 11.8 Å². The number of hydrogen-bond acceptors (Lipinski definition) is 2. The first-order valence-electron chi connectivity index (χ1n) is 8.14. The molecule has 2 aliphatic rings. The van der Waals surface area contributed by atoms with Crippen molar-refractivity contribution in [3.8, 4) is 0 Å². The van der Waals surface area contributed by atoms with Crippen LogP contribution in [-0.4, -0.2) is 23.9 Å². The molecule has 2 N–H and O–H groups in total. The molecule has 2 amide bonds. The lowest BCUT2D eigenvalue weighted by Gasteiger charge is -2.20. The van der Waals surface area contributed by atoms with Crippen LogP contribution in [0.2, 0.25) is 0 Å². The first-order valence-corrected chi connectivity index (χ1v) is 8.14. The first kappa shape index (κ1) is 16.1. The summed E-state index contributed by atoms with van der Waals surface area (Å²) in [7, 11) is 0. The summed E-state index contributed by atoms with van der Waals surface area (Å²) < 4.78 is 0. The Bertz CT molecular complexity index is 435. The topological polar surface area (TPSA) is 58.2 Å². The summed E-state index contributed by atoms with van der Waals surface area (Å²) >= 11 is 0. The fourth-order valence-corrected chi connectivity index (χ4v) is 2.85. The van der Waals surface area contributed by atoms with Crippen molar-refractivity contribution in [1.82, 2.24) is 10.6 Å². The Morgan fingerprint density at radius 2 is 1.90 bits per heavy atom. The molecule has 2 unspecified atom stereocenters. The Morgan fingerprint density at radius 3 is 2.52 bits per heavy atom. The molecule has 1 saturated carbocycles. The highest BCUT2D eigenvalue weighted by Gasteiger charge is 2.48. The second-order valence-electron chi connectivity index (χ2n) is 7.34. The number of carbonyl (C=O) groups is 2. The Labute approximate surface area is 127 Å². The zero-order valence-electron chi connectivity index (χ0n) is 13.5. The second-order valence-corrected chi connectivity index (χ2v) is 7.34. The highest BCUT2D eigenvalue weighted by Crippen LogP contribution is 2.39. The van der Waals surface area contributed by atoms with E-state index in [1.165, 1.54) is 31.3 Å². The highest BCUT2D eigenvalue weighted by atomic mass is 16.2. The monoisotopic (exact) mass is 292 g/mol. The normalized spacial score (nSPS) is 25.0. The van der Waals surface area contributed by atoms with Gasteiger partial charge in [0.05, 0.1) is 11.8 Å². The van der Waals surface area contributed by atoms with E-state index in [-0.39, 0.29) is 29.2 Å². The van der Waals surface area contributed by atoms with Crippen molar-refractivity contribution in [2.45, 2.75) is 64.8 Å². The van der Waals surface area contributed by atoms with E-state index in [1.807, 2.05) is 20.8 Å². The molecule has 118 valence electrons. The van der Waals surface area contributed by atoms with Crippen molar-refractivity contribution in [3.05, 3.63) is 11.6 Å². The van der Waals surface area contributed by atoms with Crippen molar-refractivity contribution >= 4 is 11.8 Å². The van der Waals surface area contributed by atoms with Gasteiger partial charge >= 0.3 is 0 Å². The summed E-state index contributed by atoms with van der Waals surface area (Å²) in [6.45, 7) is 6.58. The molecule has 4 heteroatoms. The SMILES string of the molecule is CC(C)(C)NC(=O)C1CC1C(=O)NCCC1=CCCCC1. The van der Waals surface area contributed by atoms with Crippen LogP contribution in [0, 0.1) is 11.8 Å². The predicted octanol–water partition coefficient (Wildman–Crippen LogP) is 2.54. The smallest absolute Gasteiger partial charge is 0.224 e. The van der Waals surface area contributed by atoms with Gasteiger partial charge in [-0.05, 0) is 59.3 Å². The fourth-order valence-electron chi connectivity index (χ4n) is 2.85. The fraction of sp³-hybridized carbons (Fsp3) is 0.765. The molecule has 0 bridgehead atoms. The van der Waals surface area contributed by atoms with Crippen LogP contribution in [0.3, 0.4) is 0 Å². The summed E-state index contributed by atoms with van der Waals surface area (Å²) in [4.78, 5) is 24.0. The molecule has 0 aliphatic heterocycles. The zero-order valence-corrected chi connectivity index (χ0v) is 13.5. The van der Waals surface area contributed by atoms with Gasteiger partial charge in [0, 0.05) is 12.1 Å². The lowest BCUT2D eigenvalue weighted by atomic mass is 9.97. The molecular formula is C17H28N2O2. The number of hydrogen-bond donors (Lipinski definition) is 2. The molecule has 4 nitrogen and oxygen atoms in total. The van der Waals surface area contributed by atoms with Gasteiger partial charge in [-0.1, -0.05) is 11.6 Å². The van der Waals surface area contributed by atoms with Crippen LogP contribution < -0.4 is 10.6 Å². The summed E-state index contributed by atoms with van der Waals surface area (Å²) in [5.74, 6) is -0.191.